The smallest absolute Gasteiger partial charge is 0.308 e. The Kier molecular flexibility index (Phi) is 4.90. The van der Waals surface area contributed by atoms with E-state index in [4.69, 9.17) is 11.6 Å². The van der Waals surface area contributed by atoms with E-state index in [9.17, 15) is 14.3 Å². The number of methoxy groups -OCH3 is 1. The van der Waals surface area contributed by atoms with Crippen molar-refractivity contribution in [1.82, 2.24) is 0 Å². The zero-order valence-electron chi connectivity index (χ0n) is 9.61. The van der Waals surface area contributed by atoms with Gasteiger partial charge in [0.2, 0.25) is 0 Å². The molecule has 1 N–H and O–H groups in total. The summed E-state index contributed by atoms with van der Waals surface area (Å²) in [5, 5.41) is 9.79. The average Bonchev–Trinajstić information content (AvgIpc) is 2.31. The molecule has 0 aromatic heterocycles. The summed E-state index contributed by atoms with van der Waals surface area (Å²) in [6.45, 7) is 1.61. The Morgan fingerprint density at radius 2 is 2.24 bits per heavy atom. The molecule has 1 rings (SSSR count). The van der Waals surface area contributed by atoms with Crippen molar-refractivity contribution in [2.24, 2.45) is 5.92 Å². The van der Waals surface area contributed by atoms with Crippen LogP contribution in [0.15, 0.2) is 18.2 Å². The van der Waals surface area contributed by atoms with Crippen LogP contribution in [-0.2, 0) is 9.53 Å². The van der Waals surface area contributed by atoms with Crippen molar-refractivity contribution in [3.8, 4) is 0 Å². The minimum absolute atomic E-state index is 0.0488. The predicted octanol–water partition coefficient (Wildman–Crippen LogP) is 2.71. The van der Waals surface area contributed by atoms with Crippen LogP contribution >= 0.6 is 11.6 Å². The van der Waals surface area contributed by atoms with Gasteiger partial charge in [-0.25, -0.2) is 4.39 Å². The van der Waals surface area contributed by atoms with Gasteiger partial charge in [0.1, 0.15) is 5.82 Å². The molecule has 5 heteroatoms. The lowest BCUT2D eigenvalue weighted by Crippen LogP contribution is -2.16. The predicted molar refractivity (Wildman–Crippen MR) is 62.2 cm³/mol. The third kappa shape index (κ3) is 3.41. The van der Waals surface area contributed by atoms with Crippen LogP contribution in [0.25, 0.3) is 0 Å². The lowest BCUT2D eigenvalue weighted by molar-refractivity contribution is -0.145. The van der Waals surface area contributed by atoms with Gasteiger partial charge in [0.05, 0.1) is 24.2 Å². The maximum absolute atomic E-state index is 13.6. The van der Waals surface area contributed by atoms with E-state index in [-0.39, 0.29) is 17.0 Å². The maximum Gasteiger partial charge on any atom is 0.308 e. The molecular weight excluding hydrogens is 247 g/mol. The quantitative estimate of drug-likeness (QED) is 0.847. The highest BCUT2D eigenvalue weighted by Gasteiger charge is 2.21. The molecule has 0 spiro atoms. The Morgan fingerprint density at radius 3 is 2.82 bits per heavy atom. The van der Waals surface area contributed by atoms with Crippen molar-refractivity contribution in [2.75, 3.05) is 7.11 Å². The van der Waals surface area contributed by atoms with Gasteiger partial charge in [0.15, 0.2) is 0 Å². The van der Waals surface area contributed by atoms with Crippen LogP contribution in [0.3, 0.4) is 0 Å². The van der Waals surface area contributed by atoms with Crippen LogP contribution in [0, 0.1) is 11.7 Å². The van der Waals surface area contributed by atoms with Gasteiger partial charge in [0.25, 0.3) is 0 Å². The van der Waals surface area contributed by atoms with E-state index in [1.54, 1.807) is 13.0 Å². The number of esters is 1. The fourth-order valence-corrected chi connectivity index (χ4v) is 1.72. The molecule has 0 saturated heterocycles. The average molecular weight is 261 g/mol. The van der Waals surface area contributed by atoms with Crippen molar-refractivity contribution in [2.45, 2.75) is 19.4 Å². The van der Waals surface area contributed by atoms with Gasteiger partial charge in [-0.3, -0.25) is 4.79 Å². The summed E-state index contributed by atoms with van der Waals surface area (Å²) in [4.78, 5) is 11.2. The normalized spacial score (nSPS) is 14.2. The molecule has 2 unspecified atom stereocenters. The standard InChI is InChI=1S/C12H14ClFO3/c1-7(12(16)17-2)6-10(15)8-4-3-5-9(13)11(8)14/h3-5,7,10,15H,6H2,1-2H3. The Morgan fingerprint density at radius 1 is 1.59 bits per heavy atom. The second kappa shape index (κ2) is 5.98. The molecule has 0 saturated carbocycles. The number of hydrogen-bond donors (Lipinski definition) is 1. The highest BCUT2D eigenvalue weighted by molar-refractivity contribution is 6.30. The highest BCUT2D eigenvalue weighted by atomic mass is 35.5. The number of hydrogen-bond acceptors (Lipinski definition) is 3. The van der Waals surface area contributed by atoms with Crippen molar-refractivity contribution >= 4 is 17.6 Å². The van der Waals surface area contributed by atoms with Crippen molar-refractivity contribution < 1.29 is 19.0 Å². The number of carbonyl (C=O) groups excluding carboxylic acids is 1. The SMILES string of the molecule is COC(=O)C(C)CC(O)c1cccc(Cl)c1F. The van der Waals surface area contributed by atoms with Crippen molar-refractivity contribution in [3.63, 3.8) is 0 Å². The van der Waals surface area contributed by atoms with Crippen LogP contribution in [0.5, 0.6) is 0 Å². The fourth-order valence-electron chi connectivity index (χ4n) is 1.54. The van der Waals surface area contributed by atoms with E-state index in [2.05, 4.69) is 4.74 Å². The first-order valence-corrected chi connectivity index (χ1v) is 5.55. The first-order chi connectivity index (χ1) is 7.97. The first-order valence-electron chi connectivity index (χ1n) is 5.17. The van der Waals surface area contributed by atoms with Gasteiger partial charge in [-0.1, -0.05) is 30.7 Å². The molecule has 0 aliphatic heterocycles. The lowest BCUT2D eigenvalue weighted by atomic mass is 9.98. The largest absolute Gasteiger partial charge is 0.469 e. The summed E-state index contributed by atoms with van der Waals surface area (Å²) in [5.74, 6) is -1.60. The van der Waals surface area contributed by atoms with Crippen LogP contribution in [0.4, 0.5) is 4.39 Å². The molecule has 0 amide bonds. The second-order valence-corrected chi connectivity index (χ2v) is 4.23. The fraction of sp³-hybridized carbons (Fsp3) is 0.417. The minimum atomic E-state index is -1.08. The zero-order chi connectivity index (χ0) is 13.0. The summed E-state index contributed by atoms with van der Waals surface area (Å²) in [6, 6.07) is 4.39. The molecule has 0 fully saturated rings. The number of ether oxygens (including phenoxy) is 1. The Balaban J connectivity index is 2.80. The molecule has 1 aromatic carbocycles. The number of aliphatic hydroxyl groups excluding tert-OH is 1. The molecule has 3 nitrogen and oxygen atoms in total. The van der Waals surface area contributed by atoms with E-state index in [0.29, 0.717) is 0 Å². The summed E-state index contributed by atoms with van der Waals surface area (Å²) >= 11 is 5.61. The van der Waals surface area contributed by atoms with Crippen LogP contribution < -0.4 is 0 Å². The van der Waals surface area contributed by atoms with Gasteiger partial charge in [-0.15, -0.1) is 0 Å². The molecule has 94 valence electrons. The molecule has 2 atom stereocenters. The molecule has 0 aliphatic carbocycles. The van der Waals surface area contributed by atoms with E-state index in [1.165, 1.54) is 19.2 Å². The zero-order valence-corrected chi connectivity index (χ0v) is 10.4. The minimum Gasteiger partial charge on any atom is -0.469 e. The van der Waals surface area contributed by atoms with Crippen LogP contribution in [0.1, 0.15) is 25.0 Å². The Labute approximate surface area is 104 Å². The molecule has 0 heterocycles. The van der Waals surface area contributed by atoms with Crippen LogP contribution in [0.2, 0.25) is 5.02 Å². The third-order valence-corrected chi connectivity index (χ3v) is 2.81. The third-order valence-electron chi connectivity index (χ3n) is 2.52. The number of halogens is 2. The number of aliphatic hydroxyl groups is 1. The van der Waals surface area contributed by atoms with Gasteiger partial charge < -0.3 is 9.84 Å². The van der Waals surface area contributed by atoms with E-state index >= 15 is 0 Å². The number of carbonyl (C=O) groups is 1. The molecular formula is C12H14ClFO3. The van der Waals surface area contributed by atoms with Crippen molar-refractivity contribution in [3.05, 3.63) is 34.6 Å². The Hall–Kier alpha value is -1.13. The van der Waals surface area contributed by atoms with Gasteiger partial charge in [-0.05, 0) is 12.5 Å². The maximum atomic E-state index is 13.6. The van der Waals surface area contributed by atoms with Crippen molar-refractivity contribution in [1.29, 1.82) is 0 Å². The summed E-state index contributed by atoms with van der Waals surface area (Å²) < 4.78 is 18.1. The highest BCUT2D eigenvalue weighted by Crippen LogP contribution is 2.27. The number of rotatable bonds is 4. The monoisotopic (exact) mass is 260 g/mol. The molecule has 0 aliphatic rings. The Bertz CT molecular complexity index is 409. The van der Waals surface area contributed by atoms with E-state index in [0.717, 1.165) is 0 Å². The number of benzene rings is 1. The van der Waals surface area contributed by atoms with Gasteiger partial charge >= 0.3 is 5.97 Å². The summed E-state index contributed by atoms with van der Waals surface area (Å²) in [6.07, 6.45) is -0.994. The van der Waals surface area contributed by atoms with E-state index in [1.807, 2.05) is 0 Å². The van der Waals surface area contributed by atoms with E-state index < -0.39 is 23.8 Å². The molecule has 1 aromatic rings. The first kappa shape index (κ1) is 13.9. The summed E-state index contributed by atoms with van der Waals surface area (Å²) in [7, 11) is 1.27. The van der Waals surface area contributed by atoms with Crippen LogP contribution in [-0.4, -0.2) is 18.2 Å². The topological polar surface area (TPSA) is 46.5 Å². The second-order valence-electron chi connectivity index (χ2n) is 3.82. The molecule has 0 bridgehead atoms. The lowest BCUT2D eigenvalue weighted by Gasteiger charge is -2.16. The van der Waals surface area contributed by atoms with Gasteiger partial charge in [-0.2, -0.15) is 0 Å². The summed E-state index contributed by atoms with van der Waals surface area (Å²) in [5.41, 5.74) is 0.0910. The molecule has 17 heavy (non-hydrogen) atoms. The molecule has 0 radical (unpaired) electrons. The van der Waals surface area contributed by atoms with Gasteiger partial charge in [0, 0.05) is 5.56 Å².